The van der Waals surface area contributed by atoms with Gasteiger partial charge in [-0.2, -0.15) is 15.8 Å². The zero-order valence-electron chi connectivity index (χ0n) is 14.3. The van der Waals surface area contributed by atoms with Gasteiger partial charge in [0.25, 0.3) is 0 Å². The van der Waals surface area contributed by atoms with Gasteiger partial charge in [0.05, 0.1) is 23.9 Å². The van der Waals surface area contributed by atoms with Crippen molar-refractivity contribution in [2.45, 2.75) is 19.8 Å². The number of rotatable bonds is 2. The Labute approximate surface area is 151 Å². The molecule has 5 nitrogen and oxygen atoms in total. The highest BCUT2D eigenvalue weighted by atomic mass is 32.1. The quantitative estimate of drug-likeness (QED) is 0.829. The van der Waals surface area contributed by atoms with Gasteiger partial charge >= 0.3 is 0 Å². The van der Waals surface area contributed by atoms with Crippen LogP contribution in [0.3, 0.4) is 0 Å². The molecule has 0 spiro atoms. The van der Waals surface area contributed by atoms with E-state index < -0.39 is 17.3 Å². The van der Waals surface area contributed by atoms with E-state index in [1.54, 1.807) is 11.3 Å². The number of nitriles is 3. The van der Waals surface area contributed by atoms with Gasteiger partial charge in [-0.3, -0.25) is 4.90 Å². The molecule has 0 amide bonds. The maximum Gasteiger partial charge on any atom is 0.190 e. The first-order chi connectivity index (χ1) is 12.0. The number of nitrogens with one attached hydrogen (secondary N) is 1. The van der Waals surface area contributed by atoms with Gasteiger partial charge in [0.15, 0.2) is 5.41 Å². The zero-order chi connectivity index (χ0) is 18.2. The Morgan fingerprint density at radius 3 is 2.56 bits per heavy atom. The Morgan fingerprint density at radius 2 is 2.04 bits per heavy atom. The van der Waals surface area contributed by atoms with E-state index in [1.807, 2.05) is 25.1 Å². The van der Waals surface area contributed by atoms with Gasteiger partial charge in [0.1, 0.15) is 5.92 Å². The molecule has 1 aliphatic heterocycles. The molecule has 6 heteroatoms. The minimum atomic E-state index is -1.59. The Hall–Kier alpha value is -2.46. The van der Waals surface area contributed by atoms with Crippen molar-refractivity contribution in [3.63, 3.8) is 0 Å². The fourth-order valence-electron chi connectivity index (χ4n) is 4.05. The van der Waals surface area contributed by atoms with Crippen molar-refractivity contribution in [2.75, 3.05) is 19.6 Å². The molecule has 1 N–H and O–H groups in total. The Kier molecular flexibility index (Phi) is 4.48. The lowest BCUT2D eigenvalue weighted by Gasteiger charge is -2.47. The molecule has 1 aromatic heterocycles. The summed E-state index contributed by atoms with van der Waals surface area (Å²) in [5, 5.41) is 38.0. The zero-order valence-corrected chi connectivity index (χ0v) is 15.1. The summed E-state index contributed by atoms with van der Waals surface area (Å²) >= 11 is 1.58. The minimum Gasteiger partial charge on any atom is -0.305 e. The van der Waals surface area contributed by atoms with E-state index >= 15 is 0 Å². The first kappa shape index (κ1) is 17.4. The molecule has 2 heterocycles. The van der Waals surface area contributed by atoms with Gasteiger partial charge in [0.2, 0.25) is 0 Å². The van der Waals surface area contributed by atoms with Gasteiger partial charge in [-0.25, -0.2) is 0 Å². The van der Waals surface area contributed by atoms with E-state index in [0.717, 1.165) is 28.4 Å². The molecule has 0 bridgehead atoms. The third-order valence-electron chi connectivity index (χ3n) is 5.38. The molecule has 1 saturated carbocycles. The van der Waals surface area contributed by atoms with Gasteiger partial charge < -0.3 is 5.41 Å². The summed E-state index contributed by atoms with van der Waals surface area (Å²) in [6.07, 6.45) is 2.03. The standard InChI is InChI=1S/C19H19N5S/c1-3-24-7-6-13-14(8-20)18(23)19(10-21,11-22)17(15(13)9-24)16-5-4-12(2)25-16/h4-6,14-15,17,23H,3,7,9H2,1-2H3/t14?,15-,17-/m1/s1. The molecule has 0 aromatic carbocycles. The average Bonchev–Trinajstić information content (AvgIpc) is 3.06. The van der Waals surface area contributed by atoms with Crippen molar-refractivity contribution in [3.8, 4) is 18.2 Å². The van der Waals surface area contributed by atoms with Crippen LogP contribution in [0.1, 0.15) is 22.6 Å². The van der Waals surface area contributed by atoms with E-state index in [2.05, 4.69) is 30.0 Å². The van der Waals surface area contributed by atoms with Crippen molar-refractivity contribution in [3.05, 3.63) is 33.5 Å². The summed E-state index contributed by atoms with van der Waals surface area (Å²) in [6.45, 7) is 6.41. The highest BCUT2D eigenvalue weighted by molar-refractivity contribution is 7.12. The van der Waals surface area contributed by atoms with Crippen LogP contribution in [0.15, 0.2) is 23.8 Å². The molecule has 126 valence electrons. The van der Waals surface area contributed by atoms with E-state index in [0.29, 0.717) is 6.54 Å². The molecule has 1 aromatic rings. The largest absolute Gasteiger partial charge is 0.305 e. The molecule has 25 heavy (non-hydrogen) atoms. The highest BCUT2D eigenvalue weighted by Crippen LogP contribution is 2.54. The van der Waals surface area contributed by atoms with Crippen LogP contribution in [0, 0.1) is 63.6 Å². The summed E-state index contributed by atoms with van der Waals surface area (Å²) in [5.74, 6) is -1.27. The van der Waals surface area contributed by atoms with E-state index in [9.17, 15) is 15.8 Å². The van der Waals surface area contributed by atoms with Crippen LogP contribution in [0.25, 0.3) is 0 Å². The minimum absolute atomic E-state index is 0.0662. The number of thiophene rings is 1. The molecule has 0 saturated heterocycles. The van der Waals surface area contributed by atoms with E-state index in [4.69, 9.17) is 5.41 Å². The average molecular weight is 349 g/mol. The lowest BCUT2D eigenvalue weighted by Crippen LogP contribution is -2.52. The molecular weight excluding hydrogens is 330 g/mol. The second-order valence-electron chi connectivity index (χ2n) is 6.60. The van der Waals surface area contributed by atoms with Crippen LogP contribution < -0.4 is 0 Å². The lowest BCUT2D eigenvalue weighted by atomic mass is 9.55. The Bertz CT molecular complexity index is 846. The number of likely N-dealkylation sites (N-methyl/N-ethyl adjacent to an activating group) is 1. The van der Waals surface area contributed by atoms with E-state index in [-0.39, 0.29) is 11.6 Å². The van der Waals surface area contributed by atoms with Crippen LogP contribution in [-0.2, 0) is 0 Å². The SMILES string of the molecule is CCN1CC=C2C(C#N)C(=N)C(C#N)(C#N)[C@@H](c3ccc(C)s3)[C@@H]2C1. The Morgan fingerprint density at radius 1 is 1.32 bits per heavy atom. The van der Waals surface area contributed by atoms with Crippen molar-refractivity contribution < 1.29 is 0 Å². The maximum atomic E-state index is 9.93. The highest BCUT2D eigenvalue weighted by Gasteiger charge is 2.58. The van der Waals surface area contributed by atoms with Crippen LogP contribution in [-0.4, -0.2) is 30.2 Å². The Balaban J connectivity index is 2.24. The number of fused-ring (bicyclic) bond motifs is 1. The smallest absolute Gasteiger partial charge is 0.190 e. The second-order valence-corrected chi connectivity index (χ2v) is 7.92. The first-order valence-corrected chi connectivity index (χ1v) is 9.13. The molecule has 3 atom stereocenters. The van der Waals surface area contributed by atoms with Gasteiger partial charge in [-0.15, -0.1) is 11.3 Å². The summed E-state index contributed by atoms with van der Waals surface area (Å²) in [7, 11) is 0. The second kappa shape index (κ2) is 6.45. The van der Waals surface area contributed by atoms with Crippen molar-refractivity contribution in [1.29, 1.82) is 21.2 Å². The summed E-state index contributed by atoms with van der Waals surface area (Å²) in [5.41, 5.74) is -0.742. The number of aryl methyl sites for hydroxylation is 1. The van der Waals surface area contributed by atoms with Crippen LogP contribution >= 0.6 is 11.3 Å². The third-order valence-corrected chi connectivity index (χ3v) is 6.46. The predicted octanol–water partition coefficient (Wildman–Crippen LogP) is 3.22. The van der Waals surface area contributed by atoms with Crippen LogP contribution in [0.5, 0.6) is 0 Å². The fraction of sp³-hybridized carbons (Fsp3) is 0.474. The topological polar surface area (TPSA) is 98.5 Å². The van der Waals surface area contributed by atoms with Crippen molar-refractivity contribution in [1.82, 2.24) is 4.90 Å². The van der Waals surface area contributed by atoms with Gasteiger partial charge in [-0.05, 0) is 31.2 Å². The molecular formula is C19H19N5S. The molecule has 3 rings (SSSR count). The number of nitrogens with zero attached hydrogens (tertiary/aromatic N) is 4. The van der Waals surface area contributed by atoms with Crippen molar-refractivity contribution in [2.24, 2.45) is 17.3 Å². The maximum absolute atomic E-state index is 9.93. The summed E-state index contributed by atoms with van der Waals surface area (Å²) < 4.78 is 0. The van der Waals surface area contributed by atoms with Gasteiger partial charge in [-0.1, -0.05) is 13.0 Å². The summed E-state index contributed by atoms with van der Waals surface area (Å²) in [6, 6.07) is 10.4. The first-order valence-electron chi connectivity index (χ1n) is 8.32. The molecule has 2 aliphatic rings. The normalized spacial score (nSPS) is 28.2. The summed E-state index contributed by atoms with van der Waals surface area (Å²) in [4.78, 5) is 4.32. The number of hydrogen-bond donors (Lipinski definition) is 1. The third kappa shape index (κ3) is 2.48. The lowest BCUT2D eigenvalue weighted by molar-refractivity contribution is 0.213. The molecule has 0 radical (unpaired) electrons. The van der Waals surface area contributed by atoms with Crippen molar-refractivity contribution >= 4 is 17.0 Å². The monoisotopic (exact) mass is 349 g/mol. The molecule has 1 fully saturated rings. The predicted molar refractivity (Wildman–Crippen MR) is 96.0 cm³/mol. The molecule has 1 aliphatic carbocycles. The van der Waals surface area contributed by atoms with Crippen LogP contribution in [0.2, 0.25) is 0 Å². The fourth-order valence-corrected chi connectivity index (χ4v) is 5.16. The van der Waals surface area contributed by atoms with Crippen LogP contribution in [0.4, 0.5) is 0 Å². The van der Waals surface area contributed by atoms with Gasteiger partial charge in [0, 0.05) is 34.7 Å². The number of hydrogen-bond acceptors (Lipinski definition) is 6. The van der Waals surface area contributed by atoms with E-state index in [1.165, 1.54) is 0 Å². The molecule has 1 unspecified atom stereocenters.